The van der Waals surface area contributed by atoms with Gasteiger partial charge in [0.1, 0.15) is 5.82 Å². The smallest absolute Gasteiger partial charge is 0.272 e. The maximum absolute atomic E-state index is 13.3. The minimum atomic E-state index is -0.623. The first kappa shape index (κ1) is 14.9. The van der Waals surface area contributed by atoms with Crippen molar-refractivity contribution in [3.8, 4) is 0 Å². The Labute approximate surface area is 131 Å². The van der Waals surface area contributed by atoms with Crippen LogP contribution >= 0.6 is 31.9 Å². The van der Waals surface area contributed by atoms with Crippen LogP contribution in [0.1, 0.15) is 5.56 Å². The standard InChI is InChI=1S/C13H9Br2FN2O2/c14-11-2-1-3-12(15)13(11)17-7-8-4-9(16)6-10(5-8)18(19)20/h1-6,17H,7H2. The molecule has 0 unspecified atom stereocenters. The van der Waals surface area contributed by atoms with Gasteiger partial charge in [0.05, 0.1) is 16.7 Å². The molecule has 0 aliphatic carbocycles. The third-order valence-corrected chi connectivity index (χ3v) is 3.91. The maximum Gasteiger partial charge on any atom is 0.272 e. The van der Waals surface area contributed by atoms with Crippen molar-refractivity contribution in [2.24, 2.45) is 0 Å². The molecule has 0 aromatic heterocycles. The summed E-state index contributed by atoms with van der Waals surface area (Å²) >= 11 is 6.80. The van der Waals surface area contributed by atoms with Crippen LogP contribution in [0.2, 0.25) is 0 Å². The van der Waals surface area contributed by atoms with Crippen LogP contribution in [0.25, 0.3) is 0 Å². The van der Waals surface area contributed by atoms with Gasteiger partial charge in [-0.15, -0.1) is 0 Å². The second-order valence-electron chi connectivity index (χ2n) is 4.02. The highest BCUT2D eigenvalue weighted by molar-refractivity contribution is 9.11. The molecule has 2 aromatic rings. The third-order valence-electron chi connectivity index (χ3n) is 2.59. The molecule has 0 fully saturated rings. The quantitative estimate of drug-likeness (QED) is 0.585. The van der Waals surface area contributed by atoms with E-state index in [0.29, 0.717) is 5.56 Å². The summed E-state index contributed by atoms with van der Waals surface area (Å²) in [5.41, 5.74) is 1.05. The van der Waals surface area contributed by atoms with E-state index in [0.717, 1.165) is 20.7 Å². The van der Waals surface area contributed by atoms with E-state index in [2.05, 4.69) is 37.2 Å². The van der Waals surface area contributed by atoms with Gasteiger partial charge in [0.25, 0.3) is 5.69 Å². The van der Waals surface area contributed by atoms with Crippen molar-refractivity contribution in [3.63, 3.8) is 0 Å². The lowest BCUT2D eigenvalue weighted by atomic mass is 10.2. The van der Waals surface area contributed by atoms with Crippen molar-refractivity contribution in [1.29, 1.82) is 0 Å². The zero-order valence-corrected chi connectivity index (χ0v) is 13.2. The van der Waals surface area contributed by atoms with Gasteiger partial charge >= 0.3 is 0 Å². The minimum Gasteiger partial charge on any atom is -0.379 e. The number of hydrogen-bond acceptors (Lipinski definition) is 3. The van der Waals surface area contributed by atoms with Crippen LogP contribution in [-0.2, 0) is 6.54 Å². The number of halogens is 3. The fourth-order valence-electron chi connectivity index (χ4n) is 1.70. The van der Waals surface area contributed by atoms with Crippen molar-refractivity contribution < 1.29 is 9.31 Å². The van der Waals surface area contributed by atoms with Crippen molar-refractivity contribution in [3.05, 3.63) is 66.8 Å². The molecule has 0 bridgehead atoms. The van der Waals surface area contributed by atoms with Crippen molar-refractivity contribution >= 4 is 43.2 Å². The largest absolute Gasteiger partial charge is 0.379 e. The predicted octanol–water partition coefficient (Wildman–Crippen LogP) is 4.87. The lowest BCUT2D eigenvalue weighted by molar-refractivity contribution is -0.385. The van der Waals surface area contributed by atoms with E-state index in [1.807, 2.05) is 18.2 Å². The fourth-order valence-corrected chi connectivity index (χ4v) is 2.98. The van der Waals surface area contributed by atoms with E-state index >= 15 is 0 Å². The number of anilines is 1. The molecule has 0 atom stereocenters. The maximum atomic E-state index is 13.3. The minimum absolute atomic E-state index is 0.256. The first-order valence-electron chi connectivity index (χ1n) is 5.59. The number of nitro groups is 1. The summed E-state index contributed by atoms with van der Waals surface area (Å²) in [5, 5.41) is 13.8. The van der Waals surface area contributed by atoms with Crippen LogP contribution in [0, 0.1) is 15.9 Å². The first-order chi connectivity index (χ1) is 9.47. The Morgan fingerprint density at radius 1 is 1.20 bits per heavy atom. The fraction of sp³-hybridized carbons (Fsp3) is 0.0769. The highest BCUT2D eigenvalue weighted by Gasteiger charge is 2.10. The normalized spacial score (nSPS) is 10.3. The predicted molar refractivity (Wildman–Crippen MR) is 82.2 cm³/mol. The van der Waals surface area contributed by atoms with Crippen LogP contribution in [0.4, 0.5) is 15.8 Å². The van der Waals surface area contributed by atoms with Gasteiger partial charge in [-0.05, 0) is 55.6 Å². The van der Waals surface area contributed by atoms with Crippen LogP contribution in [0.15, 0.2) is 45.3 Å². The Bertz CT molecular complexity index is 645. The van der Waals surface area contributed by atoms with Crippen molar-refractivity contribution in [1.82, 2.24) is 0 Å². The molecule has 20 heavy (non-hydrogen) atoms. The highest BCUT2D eigenvalue weighted by Crippen LogP contribution is 2.31. The molecule has 7 heteroatoms. The molecular weight excluding hydrogens is 395 g/mol. The van der Waals surface area contributed by atoms with Crippen LogP contribution in [-0.4, -0.2) is 4.92 Å². The Morgan fingerprint density at radius 2 is 1.85 bits per heavy atom. The number of non-ortho nitro benzene ring substituents is 1. The van der Waals surface area contributed by atoms with E-state index in [9.17, 15) is 14.5 Å². The van der Waals surface area contributed by atoms with E-state index in [1.165, 1.54) is 12.1 Å². The number of nitrogens with one attached hydrogen (secondary N) is 1. The number of nitro benzene ring substituents is 1. The van der Waals surface area contributed by atoms with Gasteiger partial charge in [-0.3, -0.25) is 10.1 Å². The van der Waals surface area contributed by atoms with Crippen molar-refractivity contribution in [2.75, 3.05) is 5.32 Å². The van der Waals surface area contributed by atoms with Gasteiger partial charge in [-0.1, -0.05) is 6.07 Å². The molecule has 0 aliphatic rings. The number of rotatable bonds is 4. The van der Waals surface area contributed by atoms with Gasteiger partial charge in [0, 0.05) is 21.6 Å². The molecule has 0 aliphatic heterocycles. The summed E-state index contributed by atoms with van der Waals surface area (Å²) in [5.74, 6) is -0.623. The lowest BCUT2D eigenvalue weighted by Crippen LogP contribution is -2.02. The zero-order chi connectivity index (χ0) is 14.7. The molecule has 0 amide bonds. The Hall–Kier alpha value is -1.47. The average molecular weight is 404 g/mol. The molecule has 1 N–H and O–H groups in total. The monoisotopic (exact) mass is 402 g/mol. The Kier molecular flexibility index (Phi) is 4.72. The number of nitrogens with zero attached hydrogens (tertiary/aromatic N) is 1. The highest BCUT2D eigenvalue weighted by atomic mass is 79.9. The van der Waals surface area contributed by atoms with E-state index in [1.54, 1.807) is 0 Å². The van der Waals surface area contributed by atoms with E-state index in [4.69, 9.17) is 0 Å². The molecule has 0 heterocycles. The summed E-state index contributed by atoms with van der Waals surface area (Å²) in [4.78, 5) is 10.1. The summed E-state index contributed by atoms with van der Waals surface area (Å²) in [7, 11) is 0. The molecular formula is C13H9Br2FN2O2. The molecule has 104 valence electrons. The number of para-hydroxylation sites is 1. The number of benzene rings is 2. The molecule has 4 nitrogen and oxygen atoms in total. The Morgan fingerprint density at radius 3 is 2.45 bits per heavy atom. The van der Waals surface area contributed by atoms with Crippen molar-refractivity contribution in [2.45, 2.75) is 6.54 Å². The molecule has 0 radical (unpaired) electrons. The summed E-state index contributed by atoms with van der Waals surface area (Å²) in [6.07, 6.45) is 0. The Balaban J connectivity index is 2.21. The van der Waals surface area contributed by atoms with Gasteiger partial charge in [-0.25, -0.2) is 4.39 Å². The van der Waals surface area contributed by atoms with Crippen LogP contribution in [0.5, 0.6) is 0 Å². The molecule has 2 rings (SSSR count). The second kappa shape index (κ2) is 6.32. The zero-order valence-electron chi connectivity index (χ0n) is 10.1. The average Bonchev–Trinajstić information content (AvgIpc) is 2.37. The summed E-state index contributed by atoms with van der Waals surface area (Å²) in [6, 6.07) is 9.11. The lowest BCUT2D eigenvalue weighted by Gasteiger charge is -2.10. The summed E-state index contributed by atoms with van der Waals surface area (Å²) in [6.45, 7) is 0.278. The molecule has 2 aromatic carbocycles. The van der Waals surface area contributed by atoms with Crippen LogP contribution in [0.3, 0.4) is 0 Å². The SMILES string of the molecule is O=[N+]([O-])c1cc(F)cc(CNc2c(Br)cccc2Br)c1. The topological polar surface area (TPSA) is 55.2 Å². The molecule has 0 saturated carbocycles. The van der Waals surface area contributed by atoms with Gasteiger partial charge in [-0.2, -0.15) is 0 Å². The molecule has 0 spiro atoms. The van der Waals surface area contributed by atoms with Gasteiger partial charge in [0.15, 0.2) is 0 Å². The van der Waals surface area contributed by atoms with Gasteiger partial charge < -0.3 is 5.32 Å². The first-order valence-corrected chi connectivity index (χ1v) is 7.17. The third kappa shape index (κ3) is 3.55. The molecule has 0 saturated heterocycles. The summed E-state index contributed by atoms with van der Waals surface area (Å²) < 4.78 is 15.0. The van der Waals surface area contributed by atoms with Gasteiger partial charge in [0.2, 0.25) is 0 Å². The number of hydrogen-bond donors (Lipinski definition) is 1. The van der Waals surface area contributed by atoms with E-state index in [-0.39, 0.29) is 12.2 Å². The van der Waals surface area contributed by atoms with Crippen LogP contribution < -0.4 is 5.32 Å². The van der Waals surface area contributed by atoms with E-state index < -0.39 is 10.7 Å². The second-order valence-corrected chi connectivity index (χ2v) is 5.73.